The molecule has 30 aromatic rings. The highest BCUT2D eigenvalue weighted by Crippen LogP contribution is 2.50. The molecule has 8 heterocycles. The highest BCUT2D eigenvalue weighted by Gasteiger charge is 2.29. The third kappa shape index (κ3) is 14.7. The van der Waals surface area contributed by atoms with Crippen LogP contribution in [-0.2, 0) is 0 Å². The van der Waals surface area contributed by atoms with Gasteiger partial charge < -0.3 is 27.1 Å². The average molecular weight is 1920 g/mol. The average Bonchev–Trinajstić information content (AvgIpc) is 1.54. The Kier molecular flexibility index (Phi) is 20.7. The number of benzene rings is 22. The fourth-order valence-electron chi connectivity index (χ4n) is 22.5. The van der Waals surface area contributed by atoms with Gasteiger partial charge >= 0.3 is 0 Å². The van der Waals surface area contributed by atoms with Crippen LogP contribution in [-0.4, -0.2) is 48.2 Å². The molecule has 0 radical (unpaired) electrons. The number of aromatic nitrogens is 10. The minimum absolute atomic E-state index is 0.590. The summed E-state index contributed by atoms with van der Waals surface area (Å²) in [4.78, 5) is 31.3. The molecule has 0 saturated carbocycles. The molecule has 0 atom stereocenters. The molecular formula is C138H86N10O2. The molecule has 0 amide bonds. The number of furan rings is 2. The molecule has 150 heavy (non-hydrogen) atoms. The van der Waals surface area contributed by atoms with Crippen LogP contribution in [0.3, 0.4) is 0 Å². The van der Waals surface area contributed by atoms with Crippen LogP contribution in [0, 0.1) is 0 Å². The van der Waals surface area contributed by atoms with E-state index >= 15 is 0 Å². The number of para-hydroxylation sites is 4. The molecule has 0 spiro atoms. The summed E-state index contributed by atoms with van der Waals surface area (Å²) < 4.78 is 24.2. The largest absolute Gasteiger partial charge is 0.452 e. The van der Waals surface area contributed by atoms with Gasteiger partial charge in [0.25, 0.3) is 0 Å². The molecule has 0 saturated heterocycles. The molecule has 0 aliphatic carbocycles. The smallest absolute Gasteiger partial charge is 0.164 e. The van der Waals surface area contributed by atoms with Crippen LogP contribution < -0.4 is 0 Å². The van der Waals surface area contributed by atoms with Gasteiger partial charge in [-0.25, -0.2) is 29.9 Å². The van der Waals surface area contributed by atoms with Crippen molar-refractivity contribution < 1.29 is 8.83 Å². The van der Waals surface area contributed by atoms with E-state index in [1.165, 1.54) is 21.9 Å². The first-order valence-electron chi connectivity index (χ1n) is 50.7. The van der Waals surface area contributed by atoms with E-state index in [1.54, 1.807) is 0 Å². The lowest BCUT2D eigenvalue weighted by molar-refractivity contribution is 0.673. The second-order valence-electron chi connectivity index (χ2n) is 38.3. The Morgan fingerprint density at radius 2 is 0.347 bits per heavy atom. The lowest BCUT2D eigenvalue weighted by atomic mass is 9.99. The van der Waals surface area contributed by atoms with Crippen molar-refractivity contribution in [3.05, 3.63) is 522 Å². The number of nitrogens with zero attached hydrogens (tertiary/aromatic N) is 10. The molecular weight excluding hydrogens is 1830 g/mol. The van der Waals surface area contributed by atoms with E-state index in [0.717, 1.165) is 232 Å². The standard InChI is InChI=1S/2C69H43N5O/c1-4-17-44(18-5-1)48-23-14-26-51(41-48)68-70-67(71-69(72-68)52-27-15-24-49(42-52)45-19-6-2-7-20-45)47-33-35-53(36-34-47)73-61-31-12-10-29-55(61)57-37-39-59-60-40-38-58-56-30-11-13-32-62(56)74(64(58)66(60)75-65(59)63(57)73)54-28-16-25-50(43-54)46-21-8-3-9-22-46;1-4-17-44(18-5-1)46-31-33-48(34-32-46)67-70-68(72-69(71-67)60-28-11-10-25-53(60)47-21-8-3-9-22-47)49-35-37-51(38-36-49)73-61-29-14-12-26-54(61)56-39-41-58-59-42-40-57-55-27-13-15-30-62(55)74(64(57)66(59)75-65(58)63(56)73)52-24-16-23-50(43-52)45-19-6-2-7-20-45/h2*1-43H. The van der Waals surface area contributed by atoms with Crippen LogP contribution in [0.15, 0.2) is 531 Å². The van der Waals surface area contributed by atoms with Crippen molar-refractivity contribution >= 4 is 131 Å². The molecule has 700 valence electrons. The minimum Gasteiger partial charge on any atom is -0.452 e. The molecule has 0 fully saturated rings. The molecule has 8 aromatic heterocycles. The highest BCUT2D eigenvalue weighted by molar-refractivity contribution is 6.29. The quantitative estimate of drug-likeness (QED) is 0.0937. The van der Waals surface area contributed by atoms with Crippen molar-refractivity contribution in [3.63, 3.8) is 0 Å². The maximum absolute atomic E-state index is 7.39. The molecule has 12 heteroatoms. The summed E-state index contributed by atoms with van der Waals surface area (Å²) in [5.74, 6) is 3.60. The highest BCUT2D eigenvalue weighted by atomic mass is 16.3. The Hall–Kier alpha value is -20.3. The number of fused-ring (bicyclic) bond motifs is 22. The maximum atomic E-state index is 7.39. The lowest BCUT2D eigenvalue weighted by Crippen LogP contribution is -2.01. The molecule has 0 aliphatic heterocycles. The number of hydrogen-bond acceptors (Lipinski definition) is 8. The van der Waals surface area contributed by atoms with E-state index in [1.807, 2.05) is 30.3 Å². The van der Waals surface area contributed by atoms with Crippen LogP contribution >= 0.6 is 0 Å². The topological polar surface area (TPSA) is 123 Å². The van der Waals surface area contributed by atoms with E-state index in [2.05, 4.69) is 510 Å². The van der Waals surface area contributed by atoms with E-state index in [0.29, 0.717) is 34.9 Å². The van der Waals surface area contributed by atoms with Crippen LogP contribution in [0.1, 0.15) is 0 Å². The van der Waals surface area contributed by atoms with E-state index in [-0.39, 0.29) is 0 Å². The number of hydrogen-bond donors (Lipinski definition) is 0. The van der Waals surface area contributed by atoms with Gasteiger partial charge in [0.05, 0.1) is 44.1 Å². The van der Waals surface area contributed by atoms with E-state index in [9.17, 15) is 0 Å². The van der Waals surface area contributed by atoms with Crippen LogP contribution in [0.5, 0.6) is 0 Å². The lowest BCUT2D eigenvalue weighted by Gasteiger charge is -2.13. The summed E-state index contributed by atoms with van der Waals surface area (Å²) in [6.45, 7) is 0. The van der Waals surface area contributed by atoms with Crippen molar-refractivity contribution in [3.8, 4) is 158 Å². The second-order valence-corrected chi connectivity index (χ2v) is 38.3. The fraction of sp³-hybridized carbons (Fsp3) is 0. The first kappa shape index (κ1) is 86.3. The van der Waals surface area contributed by atoms with Crippen molar-refractivity contribution in [1.29, 1.82) is 0 Å². The molecule has 22 aromatic carbocycles. The predicted molar refractivity (Wildman–Crippen MR) is 617 cm³/mol. The van der Waals surface area contributed by atoms with Crippen LogP contribution in [0.2, 0.25) is 0 Å². The van der Waals surface area contributed by atoms with Crippen LogP contribution in [0.4, 0.5) is 0 Å². The normalized spacial score (nSPS) is 11.7. The van der Waals surface area contributed by atoms with Gasteiger partial charge in [0.1, 0.15) is 0 Å². The summed E-state index contributed by atoms with van der Waals surface area (Å²) >= 11 is 0. The second kappa shape index (κ2) is 35.9. The molecule has 12 nitrogen and oxygen atoms in total. The Bertz CT molecular complexity index is 10500. The summed E-state index contributed by atoms with van der Waals surface area (Å²) in [6, 6.07) is 184. The van der Waals surface area contributed by atoms with Crippen molar-refractivity contribution in [1.82, 2.24) is 48.2 Å². The summed E-state index contributed by atoms with van der Waals surface area (Å²) in [7, 11) is 0. The minimum atomic E-state index is 0.590. The predicted octanol–water partition coefficient (Wildman–Crippen LogP) is 35.9. The maximum Gasteiger partial charge on any atom is 0.164 e. The summed E-state index contributed by atoms with van der Waals surface area (Å²) in [5.41, 5.74) is 35.1. The zero-order valence-corrected chi connectivity index (χ0v) is 80.9. The number of rotatable bonds is 16. The molecule has 0 bridgehead atoms. The Labute approximate surface area is 861 Å². The van der Waals surface area contributed by atoms with Gasteiger partial charge in [-0.05, 0) is 200 Å². The monoisotopic (exact) mass is 1910 g/mol. The van der Waals surface area contributed by atoms with Crippen molar-refractivity contribution in [2.45, 2.75) is 0 Å². The first-order chi connectivity index (χ1) is 74.4. The SMILES string of the molecule is c1ccc(-c2ccc(-c3nc(-c4ccc(-n5c6ccccc6c6ccc7c8ccc9c%10ccccc%10n(-c%10cccc(-c%11ccccc%11)c%10)c9c8oc7c65)cc4)nc(-c4ccccc4-c4ccccc4)n3)cc2)cc1.c1ccc(-c2cccc(-c3nc(-c4ccc(-n5c6ccccc6c6ccc7c8ccc9c%10ccccc%10n(-c%10cccc(-c%11ccccc%11)c%10)c9c8oc7c65)cc4)nc(-c4cccc(-c5ccccc5)c4)n3)c2)cc1. The van der Waals surface area contributed by atoms with Gasteiger partial charge in [-0.15, -0.1) is 0 Å². The molecule has 0 aliphatic rings. The van der Waals surface area contributed by atoms with Gasteiger partial charge in [0.15, 0.2) is 57.3 Å². The zero-order chi connectivity index (χ0) is 98.8. The molecule has 0 unspecified atom stereocenters. The Balaban J connectivity index is 0.000000141. The van der Waals surface area contributed by atoms with Gasteiger partial charge in [0, 0.05) is 121 Å². The molecule has 0 N–H and O–H groups in total. The van der Waals surface area contributed by atoms with E-state index < -0.39 is 0 Å². The van der Waals surface area contributed by atoms with Crippen LogP contribution in [0.25, 0.3) is 289 Å². The fourth-order valence-corrected chi connectivity index (χ4v) is 22.5. The third-order valence-electron chi connectivity index (χ3n) is 29.6. The van der Waals surface area contributed by atoms with Crippen molar-refractivity contribution in [2.75, 3.05) is 0 Å². The first-order valence-corrected chi connectivity index (χ1v) is 50.7. The van der Waals surface area contributed by atoms with Gasteiger partial charge in [-0.1, -0.05) is 388 Å². The molecule has 30 rings (SSSR count). The van der Waals surface area contributed by atoms with Crippen molar-refractivity contribution in [2.24, 2.45) is 0 Å². The van der Waals surface area contributed by atoms with Gasteiger partial charge in [-0.3, -0.25) is 0 Å². The Morgan fingerprint density at radius 1 is 0.127 bits per heavy atom. The van der Waals surface area contributed by atoms with E-state index in [4.69, 9.17) is 38.7 Å². The summed E-state index contributed by atoms with van der Waals surface area (Å²) in [6.07, 6.45) is 0. The zero-order valence-electron chi connectivity index (χ0n) is 80.9. The third-order valence-corrected chi connectivity index (χ3v) is 29.6. The summed E-state index contributed by atoms with van der Waals surface area (Å²) in [5, 5.41) is 13.5. The Morgan fingerprint density at radius 3 is 0.680 bits per heavy atom. The van der Waals surface area contributed by atoms with Gasteiger partial charge in [-0.2, -0.15) is 0 Å². The van der Waals surface area contributed by atoms with Gasteiger partial charge in [0.2, 0.25) is 0 Å².